The van der Waals surface area contributed by atoms with Gasteiger partial charge >= 0.3 is 10.8 Å². The van der Waals surface area contributed by atoms with Crippen LogP contribution in [0.2, 0.25) is 0 Å². The zero-order valence-electron chi connectivity index (χ0n) is 13.9. The summed E-state index contributed by atoms with van der Waals surface area (Å²) >= 11 is 1.22. The number of hydrogen-bond acceptors (Lipinski definition) is 4. The predicted molar refractivity (Wildman–Crippen MR) is 95.0 cm³/mol. The predicted octanol–water partition coefficient (Wildman–Crippen LogP) is 4.36. The van der Waals surface area contributed by atoms with Gasteiger partial charge in [0.1, 0.15) is 0 Å². The van der Waals surface area contributed by atoms with Gasteiger partial charge in [-0.1, -0.05) is 49.7 Å². The minimum Gasteiger partial charge on any atom is -0.463 e. The molecule has 5 heteroatoms. The number of unbranched alkanes of at least 4 members (excludes halogenated alkanes) is 3. The highest BCUT2D eigenvalue weighted by Crippen LogP contribution is 2.17. The summed E-state index contributed by atoms with van der Waals surface area (Å²) < 4.78 is 8.04. The van der Waals surface area contributed by atoms with E-state index in [2.05, 4.69) is 6.92 Å². The third kappa shape index (κ3) is 5.20. The second-order valence-electron chi connectivity index (χ2n) is 5.89. The van der Waals surface area contributed by atoms with Crippen molar-refractivity contribution in [2.75, 3.05) is 0 Å². The fraction of sp³-hybridized carbons (Fsp3) is 0.556. The van der Waals surface area contributed by atoms with E-state index in [4.69, 9.17) is 4.74 Å². The number of rotatable bonds is 9. The Hall–Kier alpha value is -1.62. The fourth-order valence-corrected chi connectivity index (χ4v) is 3.55. The van der Waals surface area contributed by atoms with Crippen LogP contribution in [0.25, 0.3) is 10.2 Å². The first kappa shape index (κ1) is 17.7. The van der Waals surface area contributed by atoms with E-state index in [1.54, 1.807) is 4.57 Å². The van der Waals surface area contributed by atoms with Crippen LogP contribution in [0.5, 0.6) is 0 Å². The first-order valence-electron chi connectivity index (χ1n) is 8.39. The molecule has 0 saturated carbocycles. The number of para-hydroxylation sites is 1. The van der Waals surface area contributed by atoms with Crippen LogP contribution in [0, 0.1) is 0 Å². The summed E-state index contributed by atoms with van der Waals surface area (Å²) in [5.41, 5.74) is 0.892. The Bertz CT molecular complexity index is 689. The van der Waals surface area contributed by atoms with Gasteiger partial charge in [0, 0.05) is 6.54 Å². The van der Waals surface area contributed by atoms with Gasteiger partial charge in [0.05, 0.1) is 22.7 Å². The molecule has 1 atom stereocenters. The van der Waals surface area contributed by atoms with E-state index < -0.39 is 0 Å². The number of fused-ring (bicyclic) bond motifs is 1. The summed E-state index contributed by atoms with van der Waals surface area (Å²) in [6.07, 6.45) is 5.82. The van der Waals surface area contributed by atoms with Crippen molar-refractivity contribution in [2.45, 2.75) is 65.0 Å². The van der Waals surface area contributed by atoms with Crippen molar-refractivity contribution in [3.05, 3.63) is 33.9 Å². The van der Waals surface area contributed by atoms with Gasteiger partial charge in [-0.3, -0.25) is 14.2 Å². The lowest BCUT2D eigenvalue weighted by molar-refractivity contribution is -0.148. The molecule has 0 fully saturated rings. The van der Waals surface area contributed by atoms with Gasteiger partial charge in [0.25, 0.3) is 0 Å². The zero-order chi connectivity index (χ0) is 16.7. The average molecular weight is 335 g/mol. The van der Waals surface area contributed by atoms with Crippen LogP contribution in [0.4, 0.5) is 0 Å². The first-order chi connectivity index (χ1) is 11.1. The molecular weight excluding hydrogens is 310 g/mol. The van der Waals surface area contributed by atoms with Gasteiger partial charge in [0.2, 0.25) is 0 Å². The first-order valence-corrected chi connectivity index (χ1v) is 9.21. The normalized spacial score (nSPS) is 12.4. The maximum Gasteiger partial charge on any atom is 0.308 e. The number of esters is 1. The molecule has 0 bridgehead atoms. The van der Waals surface area contributed by atoms with Gasteiger partial charge in [0.15, 0.2) is 0 Å². The molecule has 4 nitrogen and oxygen atoms in total. The van der Waals surface area contributed by atoms with Crippen LogP contribution in [0.1, 0.15) is 52.4 Å². The third-order valence-corrected chi connectivity index (χ3v) is 4.87. The molecule has 126 valence electrons. The van der Waals surface area contributed by atoms with E-state index in [0.717, 1.165) is 23.1 Å². The highest BCUT2D eigenvalue weighted by molar-refractivity contribution is 7.16. The smallest absolute Gasteiger partial charge is 0.308 e. The minimum absolute atomic E-state index is 0.0217. The van der Waals surface area contributed by atoms with E-state index in [0.29, 0.717) is 6.54 Å². The summed E-state index contributed by atoms with van der Waals surface area (Å²) in [6, 6.07) is 7.66. The molecule has 0 spiro atoms. The molecule has 0 radical (unpaired) electrons. The largest absolute Gasteiger partial charge is 0.463 e. The molecule has 1 aromatic carbocycles. The van der Waals surface area contributed by atoms with Crippen molar-refractivity contribution in [3.63, 3.8) is 0 Å². The highest BCUT2D eigenvalue weighted by atomic mass is 32.1. The summed E-state index contributed by atoms with van der Waals surface area (Å²) in [7, 11) is 0. The Morgan fingerprint density at radius 2 is 2.04 bits per heavy atom. The topological polar surface area (TPSA) is 48.3 Å². The lowest BCUT2D eigenvalue weighted by Crippen LogP contribution is -2.19. The van der Waals surface area contributed by atoms with E-state index in [9.17, 15) is 9.59 Å². The van der Waals surface area contributed by atoms with Gasteiger partial charge in [-0.25, -0.2) is 0 Å². The monoisotopic (exact) mass is 335 g/mol. The number of hydrogen-bond donors (Lipinski definition) is 0. The number of carbonyl (C=O) groups excluding carboxylic acids is 1. The third-order valence-electron chi connectivity index (χ3n) is 3.91. The number of aromatic nitrogens is 1. The van der Waals surface area contributed by atoms with Crippen LogP contribution in [0.15, 0.2) is 29.1 Å². The Morgan fingerprint density at radius 3 is 2.83 bits per heavy atom. The van der Waals surface area contributed by atoms with Crippen LogP contribution in [-0.2, 0) is 16.1 Å². The van der Waals surface area contributed by atoms with Gasteiger partial charge < -0.3 is 4.74 Å². The zero-order valence-corrected chi connectivity index (χ0v) is 14.7. The van der Waals surface area contributed by atoms with Crippen molar-refractivity contribution in [1.82, 2.24) is 4.57 Å². The van der Waals surface area contributed by atoms with Crippen molar-refractivity contribution in [1.29, 1.82) is 0 Å². The number of aryl methyl sites for hydroxylation is 1. The number of thiazole rings is 1. The summed E-state index contributed by atoms with van der Waals surface area (Å²) in [5.74, 6) is -0.227. The minimum atomic E-state index is -0.227. The Labute approximate surface area is 141 Å². The second kappa shape index (κ2) is 8.87. The maximum atomic E-state index is 12.0. The molecular formula is C18H25NO3S. The van der Waals surface area contributed by atoms with Crippen molar-refractivity contribution >= 4 is 27.5 Å². The number of nitrogens with zero attached hydrogens (tertiary/aromatic N) is 1. The van der Waals surface area contributed by atoms with Crippen molar-refractivity contribution in [3.8, 4) is 0 Å². The van der Waals surface area contributed by atoms with Crippen LogP contribution >= 0.6 is 11.3 Å². The summed E-state index contributed by atoms with van der Waals surface area (Å²) in [6.45, 7) is 4.50. The lowest BCUT2D eigenvalue weighted by Gasteiger charge is -2.13. The van der Waals surface area contributed by atoms with E-state index in [1.807, 2.05) is 31.2 Å². The molecule has 1 aromatic heterocycles. The molecule has 1 heterocycles. The molecule has 0 N–H and O–H groups in total. The lowest BCUT2D eigenvalue weighted by atomic mass is 10.1. The molecule has 2 rings (SSSR count). The van der Waals surface area contributed by atoms with Crippen molar-refractivity contribution in [2.24, 2.45) is 0 Å². The fourth-order valence-electron chi connectivity index (χ4n) is 2.63. The quantitative estimate of drug-likeness (QED) is 0.505. The van der Waals surface area contributed by atoms with Gasteiger partial charge in [-0.2, -0.15) is 0 Å². The number of carbonyl (C=O) groups is 1. The molecule has 0 aliphatic carbocycles. The number of benzene rings is 1. The van der Waals surface area contributed by atoms with Crippen molar-refractivity contribution < 1.29 is 9.53 Å². The SMILES string of the molecule is CCCCCCC(C)OC(=O)CCn1c(=O)sc2ccccc21. The standard InChI is InChI=1S/C18H25NO3S/c1-3-4-5-6-9-14(2)22-17(20)12-13-19-15-10-7-8-11-16(15)23-18(19)21/h7-8,10-11,14H,3-6,9,12-13H2,1-2H3. The Balaban J connectivity index is 1.82. The molecule has 23 heavy (non-hydrogen) atoms. The van der Waals surface area contributed by atoms with E-state index >= 15 is 0 Å². The molecule has 1 unspecified atom stereocenters. The highest BCUT2D eigenvalue weighted by Gasteiger charge is 2.12. The Morgan fingerprint density at radius 1 is 1.26 bits per heavy atom. The molecule has 0 aliphatic heterocycles. The Kier molecular flexibility index (Phi) is 6.84. The van der Waals surface area contributed by atoms with Crippen LogP contribution < -0.4 is 4.87 Å². The summed E-state index contributed by atoms with van der Waals surface area (Å²) in [5, 5.41) is 0. The maximum absolute atomic E-state index is 12.0. The molecule has 0 amide bonds. The van der Waals surface area contributed by atoms with Crippen LogP contribution in [0.3, 0.4) is 0 Å². The summed E-state index contributed by atoms with van der Waals surface area (Å²) in [4.78, 5) is 23.9. The van der Waals surface area contributed by atoms with Gasteiger partial charge in [-0.05, 0) is 31.9 Å². The molecule has 2 aromatic rings. The molecule has 0 aliphatic rings. The number of ether oxygens (including phenoxy) is 1. The second-order valence-corrected chi connectivity index (χ2v) is 6.88. The van der Waals surface area contributed by atoms with E-state index in [-0.39, 0.29) is 23.4 Å². The average Bonchev–Trinajstić information content (AvgIpc) is 2.85. The van der Waals surface area contributed by atoms with Crippen LogP contribution in [-0.4, -0.2) is 16.6 Å². The van der Waals surface area contributed by atoms with Gasteiger partial charge in [-0.15, -0.1) is 0 Å². The van der Waals surface area contributed by atoms with E-state index in [1.165, 1.54) is 30.6 Å². The molecule has 0 saturated heterocycles.